The monoisotopic (exact) mass is 633 g/mol. The van der Waals surface area contributed by atoms with Crippen LogP contribution in [-0.4, -0.2) is 86.5 Å². The van der Waals surface area contributed by atoms with Crippen LogP contribution in [0.4, 0.5) is 4.79 Å². The molecule has 2 aliphatic heterocycles. The molecule has 9 nitrogen and oxygen atoms in total. The normalized spacial score (nSPS) is 18.6. The van der Waals surface area contributed by atoms with Gasteiger partial charge in [0.2, 0.25) is 0 Å². The van der Waals surface area contributed by atoms with Crippen molar-refractivity contribution in [2.45, 2.75) is 57.7 Å². The quantitative estimate of drug-likeness (QED) is 0.248. The second-order valence-corrected chi connectivity index (χ2v) is 13.4. The number of amides is 3. The van der Waals surface area contributed by atoms with E-state index >= 15 is 0 Å². The average molecular weight is 634 g/mol. The number of hydrogen-bond acceptors (Lipinski definition) is 5. The minimum atomic E-state index is -0.614. The molecule has 0 spiro atoms. The molecule has 3 heterocycles. The van der Waals surface area contributed by atoms with Crippen LogP contribution in [0.3, 0.4) is 0 Å². The number of likely N-dealkylation sites (tertiary alicyclic amines) is 1. The number of ether oxygens (including phenoxy) is 1. The number of carbonyl (C=O) groups is 3. The number of benzene rings is 3. The molecule has 2 fully saturated rings. The first-order valence-electron chi connectivity index (χ1n) is 16.5. The van der Waals surface area contributed by atoms with Gasteiger partial charge in [0.05, 0.1) is 24.1 Å². The number of nitrogens with zero attached hydrogens (tertiary/aromatic N) is 5. The minimum Gasteiger partial charge on any atom is -0.444 e. The van der Waals surface area contributed by atoms with E-state index in [1.807, 2.05) is 122 Å². The predicted octanol–water partition coefficient (Wildman–Crippen LogP) is 6.33. The number of hydrogen-bond donors (Lipinski definition) is 0. The first-order chi connectivity index (χ1) is 22.7. The van der Waals surface area contributed by atoms with Gasteiger partial charge < -0.3 is 24.0 Å². The molecule has 244 valence electrons. The van der Waals surface area contributed by atoms with Gasteiger partial charge in [-0.1, -0.05) is 78.9 Å². The van der Waals surface area contributed by atoms with Crippen LogP contribution >= 0.6 is 0 Å². The first kappa shape index (κ1) is 32.0. The van der Waals surface area contributed by atoms with Gasteiger partial charge in [0.25, 0.3) is 11.8 Å². The largest absolute Gasteiger partial charge is 0.444 e. The molecule has 0 N–H and O–H groups in total. The van der Waals surface area contributed by atoms with Crippen molar-refractivity contribution in [1.29, 1.82) is 0 Å². The maximum Gasteiger partial charge on any atom is 0.410 e. The molecule has 6 rings (SSSR count). The predicted molar refractivity (Wildman–Crippen MR) is 181 cm³/mol. The molecule has 4 aromatic rings. The lowest BCUT2D eigenvalue weighted by atomic mass is 10.00. The van der Waals surface area contributed by atoms with E-state index in [-0.39, 0.29) is 30.0 Å². The van der Waals surface area contributed by atoms with Gasteiger partial charge in [-0.2, -0.15) is 0 Å². The molecule has 1 aromatic heterocycles. The summed E-state index contributed by atoms with van der Waals surface area (Å²) in [5, 5.41) is 0. The van der Waals surface area contributed by atoms with Gasteiger partial charge in [-0.15, -0.1) is 0 Å². The summed E-state index contributed by atoms with van der Waals surface area (Å²) in [6, 6.07) is 29.0. The Labute approximate surface area is 276 Å². The zero-order valence-electron chi connectivity index (χ0n) is 27.4. The molecular weight excluding hydrogens is 590 g/mol. The van der Waals surface area contributed by atoms with E-state index < -0.39 is 5.60 Å². The van der Waals surface area contributed by atoms with E-state index in [1.54, 1.807) is 11.2 Å². The smallest absolute Gasteiger partial charge is 0.410 e. The summed E-state index contributed by atoms with van der Waals surface area (Å²) in [6.45, 7) is 7.88. The second kappa shape index (κ2) is 13.8. The van der Waals surface area contributed by atoms with Crippen LogP contribution in [0.1, 0.15) is 66.1 Å². The topological polar surface area (TPSA) is 88.0 Å². The summed E-state index contributed by atoms with van der Waals surface area (Å²) in [7, 11) is 0. The van der Waals surface area contributed by atoms with Crippen molar-refractivity contribution in [1.82, 2.24) is 24.3 Å². The van der Waals surface area contributed by atoms with Crippen LogP contribution in [0, 0.1) is 0 Å². The summed E-state index contributed by atoms with van der Waals surface area (Å²) in [6.07, 6.45) is 3.70. The van der Waals surface area contributed by atoms with Gasteiger partial charge in [0, 0.05) is 43.9 Å². The molecule has 1 unspecified atom stereocenters. The molecule has 3 aromatic carbocycles. The summed E-state index contributed by atoms with van der Waals surface area (Å²) in [5.74, 6) is -0.153. The first-order valence-corrected chi connectivity index (χ1v) is 16.5. The molecule has 2 atom stereocenters. The van der Waals surface area contributed by atoms with Crippen molar-refractivity contribution < 1.29 is 19.1 Å². The Balaban J connectivity index is 1.31. The van der Waals surface area contributed by atoms with Crippen LogP contribution in [0.25, 0.3) is 11.3 Å². The molecule has 0 saturated carbocycles. The van der Waals surface area contributed by atoms with Crippen molar-refractivity contribution in [2.75, 3.05) is 32.7 Å². The Kier molecular flexibility index (Phi) is 9.43. The van der Waals surface area contributed by atoms with Crippen LogP contribution in [0.5, 0.6) is 0 Å². The van der Waals surface area contributed by atoms with Crippen molar-refractivity contribution in [2.24, 2.45) is 0 Å². The molecule has 3 amide bonds. The Morgan fingerprint density at radius 1 is 0.787 bits per heavy atom. The van der Waals surface area contributed by atoms with Crippen molar-refractivity contribution in [3.63, 3.8) is 0 Å². The Morgan fingerprint density at radius 3 is 2.13 bits per heavy atom. The van der Waals surface area contributed by atoms with Crippen molar-refractivity contribution in [3.05, 3.63) is 114 Å². The lowest BCUT2D eigenvalue weighted by Gasteiger charge is -2.41. The molecule has 0 radical (unpaired) electrons. The standard InChI is InChI=1S/C38H43N5O4/c1-38(2,3)47-37(46)41-22-23-42(32(26-41)24-28-14-7-4-8-15-28)36(45)33-34(29-16-9-5-10-17-29)43(27-39-33)31-20-13-21-40(25-31)35(44)30-18-11-6-12-19-30/h4-12,14-19,27,31-32H,13,20-26H2,1-3H3/t31?,32-/m1/s1. The Morgan fingerprint density at radius 2 is 1.45 bits per heavy atom. The molecular formula is C38H43N5O4. The summed E-state index contributed by atoms with van der Waals surface area (Å²) in [4.78, 5) is 51.4. The fourth-order valence-corrected chi connectivity index (χ4v) is 6.62. The number of carbonyl (C=O) groups excluding carboxylic acids is 3. The van der Waals surface area contributed by atoms with Gasteiger partial charge in [0.1, 0.15) is 5.60 Å². The fourth-order valence-electron chi connectivity index (χ4n) is 6.62. The second-order valence-electron chi connectivity index (χ2n) is 13.4. The summed E-state index contributed by atoms with van der Waals surface area (Å²) < 4.78 is 7.79. The Hall–Kier alpha value is -4.92. The summed E-state index contributed by atoms with van der Waals surface area (Å²) in [5.41, 5.74) is 3.17. The third-order valence-electron chi connectivity index (χ3n) is 8.85. The molecule has 47 heavy (non-hydrogen) atoms. The maximum absolute atomic E-state index is 14.6. The van der Waals surface area contributed by atoms with Gasteiger partial charge in [-0.05, 0) is 57.7 Å². The number of aromatic nitrogens is 2. The van der Waals surface area contributed by atoms with Gasteiger partial charge in [-0.3, -0.25) is 9.59 Å². The number of imidazole rings is 1. The third-order valence-corrected chi connectivity index (χ3v) is 8.85. The Bertz CT molecular complexity index is 1680. The van der Waals surface area contributed by atoms with Crippen molar-refractivity contribution in [3.8, 4) is 11.3 Å². The zero-order valence-corrected chi connectivity index (χ0v) is 27.4. The van der Waals surface area contributed by atoms with Gasteiger partial charge >= 0.3 is 6.09 Å². The number of piperazine rings is 1. The fraction of sp³-hybridized carbons (Fsp3) is 0.368. The van der Waals surface area contributed by atoms with E-state index in [9.17, 15) is 14.4 Å². The van der Waals surface area contributed by atoms with E-state index in [4.69, 9.17) is 9.72 Å². The highest BCUT2D eigenvalue weighted by molar-refractivity contribution is 5.99. The zero-order chi connectivity index (χ0) is 33.0. The average Bonchev–Trinajstić information content (AvgIpc) is 3.54. The van der Waals surface area contributed by atoms with Crippen LogP contribution in [0.15, 0.2) is 97.3 Å². The van der Waals surface area contributed by atoms with Crippen molar-refractivity contribution >= 4 is 17.9 Å². The summed E-state index contributed by atoms with van der Waals surface area (Å²) >= 11 is 0. The highest BCUT2D eigenvalue weighted by Gasteiger charge is 2.37. The third kappa shape index (κ3) is 7.40. The van der Waals surface area contributed by atoms with E-state index in [0.717, 1.165) is 29.7 Å². The molecule has 2 aliphatic rings. The highest BCUT2D eigenvalue weighted by Crippen LogP contribution is 2.33. The maximum atomic E-state index is 14.6. The van der Waals surface area contributed by atoms with Crippen LogP contribution < -0.4 is 0 Å². The van der Waals surface area contributed by atoms with Gasteiger partial charge in [-0.25, -0.2) is 9.78 Å². The number of rotatable bonds is 6. The van der Waals surface area contributed by atoms with Crippen LogP contribution in [-0.2, 0) is 11.2 Å². The molecule has 9 heteroatoms. The molecule has 2 saturated heterocycles. The lowest BCUT2D eigenvalue weighted by Crippen LogP contribution is -2.58. The lowest BCUT2D eigenvalue weighted by molar-refractivity contribution is 0.00428. The van der Waals surface area contributed by atoms with Gasteiger partial charge in [0.15, 0.2) is 5.69 Å². The van der Waals surface area contributed by atoms with E-state index in [1.165, 1.54) is 0 Å². The SMILES string of the molecule is CC(C)(C)OC(=O)N1CCN(C(=O)c2ncn(C3CCCN(C(=O)c4ccccc4)C3)c2-c2ccccc2)[C@H](Cc2ccccc2)C1. The van der Waals surface area contributed by atoms with E-state index in [0.29, 0.717) is 50.4 Å². The highest BCUT2D eigenvalue weighted by atomic mass is 16.6. The molecule has 0 aliphatic carbocycles. The minimum absolute atomic E-state index is 0.0135. The van der Waals surface area contributed by atoms with E-state index in [2.05, 4.69) is 4.57 Å². The number of piperidine rings is 1. The molecule has 0 bridgehead atoms. The van der Waals surface area contributed by atoms with Crippen LogP contribution in [0.2, 0.25) is 0 Å².